The third kappa shape index (κ3) is 2.80. The van der Waals surface area contributed by atoms with E-state index in [2.05, 4.69) is 35.3 Å². The molecule has 1 saturated heterocycles. The molecule has 0 spiro atoms. The van der Waals surface area contributed by atoms with Gasteiger partial charge in [-0.3, -0.25) is 14.5 Å². The molecular weight excluding hydrogens is 328 g/mol. The van der Waals surface area contributed by atoms with Gasteiger partial charge in [-0.15, -0.1) is 0 Å². The fourth-order valence-corrected chi connectivity index (χ4v) is 4.38. The van der Waals surface area contributed by atoms with Gasteiger partial charge in [-0.1, -0.05) is 12.1 Å². The summed E-state index contributed by atoms with van der Waals surface area (Å²) in [7, 11) is 2.06. The molecule has 1 aromatic heterocycles. The number of hydrogen-bond donors (Lipinski definition) is 2. The van der Waals surface area contributed by atoms with E-state index in [1.807, 2.05) is 31.2 Å². The van der Waals surface area contributed by atoms with Crippen molar-refractivity contribution in [1.82, 2.24) is 4.57 Å². The van der Waals surface area contributed by atoms with Crippen molar-refractivity contribution in [2.45, 2.75) is 31.8 Å². The van der Waals surface area contributed by atoms with E-state index in [0.717, 1.165) is 25.1 Å². The zero-order chi connectivity index (χ0) is 18.3. The Hall–Kier alpha value is -2.60. The lowest BCUT2D eigenvalue weighted by molar-refractivity contribution is -0.932. The third-order valence-electron chi connectivity index (χ3n) is 5.71. The molecule has 2 aliphatic heterocycles. The van der Waals surface area contributed by atoms with Gasteiger partial charge >= 0.3 is 0 Å². The molecule has 26 heavy (non-hydrogen) atoms. The van der Waals surface area contributed by atoms with Gasteiger partial charge < -0.3 is 14.8 Å². The van der Waals surface area contributed by atoms with Crippen LogP contribution in [0.25, 0.3) is 0 Å². The van der Waals surface area contributed by atoms with Crippen molar-refractivity contribution in [3.8, 4) is 0 Å². The average molecular weight is 353 g/mol. The van der Waals surface area contributed by atoms with Gasteiger partial charge in [0.15, 0.2) is 6.04 Å². The summed E-state index contributed by atoms with van der Waals surface area (Å²) in [5.74, 6) is -0.122. The molecule has 136 valence electrons. The van der Waals surface area contributed by atoms with Crippen LogP contribution in [0.4, 0.5) is 11.4 Å². The standard InChI is InChI=1S/C20H24N4O2/c1-14(23-12-6-10-18(23)17-9-5-11-22(17)2)20(26)24-13-19(25)21-15-7-3-4-8-16(15)24/h3-5,7-9,11,14,18H,6,10,12-13H2,1-2H3,(H,21,25)/p+1/t14-,18-/m1/s1. The zero-order valence-electron chi connectivity index (χ0n) is 15.2. The minimum Gasteiger partial charge on any atom is -0.350 e. The monoisotopic (exact) mass is 353 g/mol. The molecule has 2 aromatic rings. The number of aromatic nitrogens is 1. The van der Waals surface area contributed by atoms with Gasteiger partial charge in [-0.25, -0.2) is 0 Å². The minimum atomic E-state index is -0.198. The lowest BCUT2D eigenvalue weighted by Gasteiger charge is -2.34. The number of nitrogens with zero attached hydrogens (tertiary/aromatic N) is 2. The largest absolute Gasteiger partial charge is 0.350 e. The van der Waals surface area contributed by atoms with E-state index >= 15 is 0 Å². The Morgan fingerprint density at radius 2 is 2.08 bits per heavy atom. The van der Waals surface area contributed by atoms with Crippen molar-refractivity contribution in [2.24, 2.45) is 7.05 Å². The number of aryl methyl sites for hydroxylation is 1. The summed E-state index contributed by atoms with van der Waals surface area (Å²) in [6, 6.07) is 11.8. The Morgan fingerprint density at radius 1 is 1.27 bits per heavy atom. The number of anilines is 2. The van der Waals surface area contributed by atoms with E-state index in [9.17, 15) is 9.59 Å². The van der Waals surface area contributed by atoms with Gasteiger partial charge in [0, 0.05) is 26.1 Å². The first-order chi connectivity index (χ1) is 12.6. The predicted octanol–water partition coefficient (Wildman–Crippen LogP) is 1.12. The minimum absolute atomic E-state index is 0.0170. The van der Waals surface area contributed by atoms with Crippen LogP contribution in [0, 0.1) is 0 Å². The lowest BCUT2D eigenvalue weighted by Crippen LogP contribution is -3.15. The second-order valence-electron chi connectivity index (χ2n) is 7.28. The zero-order valence-corrected chi connectivity index (χ0v) is 15.2. The first-order valence-electron chi connectivity index (χ1n) is 9.23. The van der Waals surface area contributed by atoms with Gasteiger partial charge in [-0.2, -0.15) is 0 Å². The smallest absolute Gasteiger partial charge is 0.285 e. The maximum absolute atomic E-state index is 13.3. The molecule has 4 rings (SSSR count). The number of carbonyl (C=O) groups is 2. The van der Waals surface area contributed by atoms with E-state index < -0.39 is 0 Å². The van der Waals surface area contributed by atoms with E-state index in [-0.39, 0.29) is 24.4 Å². The van der Waals surface area contributed by atoms with Crippen molar-refractivity contribution in [3.05, 3.63) is 48.3 Å². The summed E-state index contributed by atoms with van der Waals surface area (Å²) in [6.45, 7) is 3.06. The number of para-hydroxylation sites is 2. The maximum Gasteiger partial charge on any atom is 0.285 e. The van der Waals surface area contributed by atoms with Crippen LogP contribution in [0.2, 0.25) is 0 Å². The number of quaternary nitrogens is 1. The van der Waals surface area contributed by atoms with E-state index in [4.69, 9.17) is 0 Å². The Labute approximate surface area is 153 Å². The first-order valence-corrected chi connectivity index (χ1v) is 9.23. The lowest BCUT2D eigenvalue weighted by atomic mass is 10.1. The maximum atomic E-state index is 13.3. The summed E-state index contributed by atoms with van der Waals surface area (Å²) in [6.07, 6.45) is 4.25. The number of carbonyl (C=O) groups excluding carboxylic acids is 2. The van der Waals surface area contributed by atoms with Gasteiger partial charge in [0.1, 0.15) is 12.6 Å². The second kappa shape index (κ2) is 6.61. The Balaban J connectivity index is 1.60. The molecule has 0 aliphatic carbocycles. The highest BCUT2D eigenvalue weighted by molar-refractivity contribution is 6.10. The quantitative estimate of drug-likeness (QED) is 0.869. The van der Waals surface area contributed by atoms with Crippen LogP contribution >= 0.6 is 0 Å². The van der Waals surface area contributed by atoms with Gasteiger partial charge in [0.05, 0.1) is 23.6 Å². The molecule has 0 saturated carbocycles. The fourth-order valence-electron chi connectivity index (χ4n) is 4.38. The van der Waals surface area contributed by atoms with Crippen LogP contribution in [0.5, 0.6) is 0 Å². The summed E-state index contributed by atoms with van der Waals surface area (Å²) in [5.41, 5.74) is 2.77. The molecule has 6 heteroatoms. The topological polar surface area (TPSA) is 58.8 Å². The molecule has 3 heterocycles. The van der Waals surface area contributed by atoms with Crippen LogP contribution in [0.1, 0.15) is 31.5 Å². The Kier molecular flexibility index (Phi) is 4.28. The SMILES string of the molecule is C[C@H](C(=O)N1CC(=O)Nc2ccccc21)[NH+]1CCC[C@@H]1c1cccn1C. The molecule has 0 radical (unpaired) electrons. The summed E-state index contributed by atoms with van der Waals surface area (Å²) in [5, 5.41) is 2.85. The van der Waals surface area contributed by atoms with Crippen LogP contribution < -0.4 is 15.1 Å². The molecule has 1 unspecified atom stereocenters. The van der Waals surface area contributed by atoms with E-state index in [1.54, 1.807) is 4.90 Å². The van der Waals surface area contributed by atoms with Crippen molar-refractivity contribution < 1.29 is 14.5 Å². The predicted molar refractivity (Wildman–Crippen MR) is 100 cm³/mol. The number of hydrogen-bond acceptors (Lipinski definition) is 2. The van der Waals surface area contributed by atoms with Crippen molar-refractivity contribution in [1.29, 1.82) is 0 Å². The number of likely N-dealkylation sites (tertiary alicyclic amines) is 1. The molecule has 0 bridgehead atoms. The average Bonchev–Trinajstić information content (AvgIpc) is 3.28. The summed E-state index contributed by atoms with van der Waals surface area (Å²) in [4.78, 5) is 28.3. The number of rotatable bonds is 3. The van der Waals surface area contributed by atoms with Crippen LogP contribution in [-0.4, -0.2) is 35.5 Å². The highest BCUT2D eigenvalue weighted by Crippen LogP contribution is 2.29. The number of fused-ring (bicyclic) bond motifs is 1. The summed E-state index contributed by atoms with van der Waals surface area (Å²) < 4.78 is 2.15. The van der Waals surface area contributed by atoms with Crippen molar-refractivity contribution in [3.63, 3.8) is 0 Å². The third-order valence-corrected chi connectivity index (χ3v) is 5.71. The molecule has 2 N–H and O–H groups in total. The number of amides is 2. The molecular formula is C20H25N4O2+. The first kappa shape index (κ1) is 16.8. The van der Waals surface area contributed by atoms with Gasteiger partial charge in [0.25, 0.3) is 5.91 Å². The fraction of sp³-hybridized carbons (Fsp3) is 0.400. The van der Waals surface area contributed by atoms with Crippen LogP contribution in [0.3, 0.4) is 0 Å². The van der Waals surface area contributed by atoms with E-state index in [0.29, 0.717) is 11.7 Å². The Morgan fingerprint density at radius 3 is 2.85 bits per heavy atom. The number of nitrogens with one attached hydrogen (secondary N) is 2. The molecule has 2 aliphatic rings. The molecule has 6 nitrogen and oxygen atoms in total. The number of benzene rings is 1. The van der Waals surface area contributed by atoms with Gasteiger partial charge in [0.2, 0.25) is 5.91 Å². The second-order valence-corrected chi connectivity index (χ2v) is 7.28. The van der Waals surface area contributed by atoms with Crippen molar-refractivity contribution in [2.75, 3.05) is 23.3 Å². The molecule has 3 atom stereocenters. The highest BCUT2D eigenvalue weighted by atomic mass is 16.2. The van der Waals surface area contributed by atoms with Crippen LogP contribution in [0.15, 0.2) is 42.6 Å². The van der Waals surface area contributed by atoms with Gasteiger partial charge in [-0.05, 0) is 31.2 Å². The Bertz CT molecular complexity index is 844. The van der Waals surface area contributed by atoms with Crippen molar-refractivity contribution >= 4 is 23.2 Å². The summed E-state index contributed by atoms with van der Waals surface area (Å²) >= 11 is 0. The molecule has 1 fully saturated rings. The molecule has 2 amide bonds. The molecule has 1 aromatic carbocycles. The van der Waals surface area contributed by atoms with E-state index in [1.165, 1.54) is 10.6 Å². The highest BCUT2D eigenvalue weighted by Gasteiger charge is 2.41. The normalized spacial score (nSPS) is 23.5. The van der Waals surface area contributed by atoms with Crippen LogP contribution in [-0.2, 0) is 16.6 Å².